The Morgan fingerprint density at radius 2 is 1.72 bits per heavy atom. The minimum Gasteiger partial charge on any atom is -0.410 e. The summed E-state index contributed by atoms with van der Waals surface area (Å²) in [5.74, 6) is -0.616. The zero-order valence-electron chi connectivity index (χ0n) is 12.2. The summed E-state index contributed by atoms with van der Waals surface area (Å²) in [5, 5.41) is 9.33. The van der Waals surface area contributed by atoms with Gasteiger partial charge in [0, 0.05) is 10.6 Å². The molecule has 1 atom stereocenters. The first kappa shape index (κ1) is 20.9. The lowest BCUT2D eigenvalue weighted by Gasteiger charge is -2.07. The smallest absolute Gasteiger partial charge is 0.410 e. The number of allylic oxidation sites excluding steroid dienone is 3. The lowest BCUT2D eigenvalue weighted by Crippen LogP contribution is -2.27. The third-order valence-electron chi connectivity index (χ3n) is 2.74. The highest BCUT2D eigenvalue weighted by Gasteiger charge is 2.37. The van der Waals surface area contributed by atoms with Gasteiger partial charge < -0.3 is 5.21 Å². The van der Waals surface area contributed by atoms with Crippen LogP contribution in [-0.4, -0.2) is 41.1 Å². The van der Waals surface area contributed by atoms with Crippen LogP contribution in [-0.2, 0) is 14.9 Å². The molecule has 6 nitrogen and oxygen atoms in total. The van der Waals surface area contributed by atoms with E-state index < -0.39 is 33.0 Å². The molecule has 1 unspecified atom stereocenters. The van der Waals surface area contributed by atoms with Crippen LogP contribution in [0.1, 0.15) is 5.56 Å². The Labute approximate surface area is 145 Å². The van der Waals surface area contributed by atoms with Crippen LogP contribution in [0, 0.1) is 0 Å². The molecule has 11 heteroatoms. The zero-order valence-corrected chi connectivity index (χ0v) is 13.8. The van der Waals surface area contributed by atoms with E-state index in [1.807, 2.05) is 0 Å². The van der Waals surface area contributed by atoms with Crippen LogP contribution in [0.25, 0.3) is 0 Å². The van der Waals surface area contributed by atoms with Crippen molar-refractivity contribution >= 4 is 33.2 Å². The van der Waals surface area contributed by atoms with Crippen molar-refractivity contribution < 1.29 is 36.1 Å². The van der Waals surface area contributed by atoms with Gasteiger partial charge in [0.1, 0.15) is 0 Å². The quantitative estimate of drug-likeness (QED) is 0.345. The number of alkyl halides is 3. The molecule has 0 spiro atoms. The topological polar surface area (TPSA) is 104 Å². The number of nitrogens with zero attached hydrogens (tertiary/aromatic N) is 1. The highest BCUT2D eigenvalue weighted by Crippen LogP contribution is 2.23. The van der Waals surface area contributed by atoms with Crippen molar-refractivity contribution in [2.24, 2.45) is 5.16 Å². The van der Waals surface area contributed by atoms with Gasteiger partial charge in [0.15, 0.2) is 16.7 Å². The highest BCUT2D eigenvalue weighted by atomic mass is 35.5. The monoisotopic (exact) mass is 397 g/mol. The van der Waals surface area contributed by atoms with Gasteiger partial charge in [-0.25, -0.2) is 0 Å². The number of carbonyl (C=O) groups excluding carboxylic acids is 1. The molecule has 1 aromatic rings. The lowest BCUT2D eigenvalue weighted by atomic mass is 10.1. The van der Waals surface area contributed by atoms with Gasteiger partial charge in [-0.15, -0.1) is 0 Å². The van der Waals surface area contributed by atoms with E-state index in [0.29, 0.717) is 5.02 Å². The second-order valence-electron chi connectivity index (χ2n) is 4.54. The van der Waals surface area contributed by atoms with Crippen molar-refractivity contribution in [2.45, 2.75) is 11.4 Å². The SMILES string of the molecule is O=C1C=CC=CC1S(=O)(=O)O.ON=C(c1ccc(Cl)cc1)C(F)(F)F. The first-order valence-corrected chi connectivity index (χ1v) is 8.25. The van der Waals surface area contributed by atoms with Crippen LogP contribution in [0.2, 0.25) is 5.02 Å². The van der Waals surface area contributed by atoms with E-state index in [2.05, 4.69) is 5.16 Å². The maximum Gasteiger partial charge on any atom is 0.437 e. The van der Waals surface area contributed by atoms with Gasteiger partial charge in [0.2, 0.25) is 0 Å². The number of halogens is 4. The number of hydrogen-bond donors (Lipinski definition) is 2. The fourth-order valence-corrected chi connectivity index (χ4v) is 2.42. The van der Waals surface area contributed by atoms with Crippen molar-refractivity contribution in [1.29, 1.82) is 0 Å². The van der Waals surface area contributed by atoms with Gasteiger partial charge in [-0.05, 0) is 18.2 Å². The number of oxime groups is 1. The summed E-state index contributed by atoms with van der Waals surface area (Å²) in [5.41, 5.74) is -1.57. The van der Waals surface area contributed by atoms with E-state index in [1.54, 1.807) is 0 Å². The standard InChI is InChI=1S/C8H5ClF3NO.C6H6O4S/c9-6-3-1-5(2-4-6)7(13-14)8(10,11)12;7-5-3-1-2-4-6(5)11(8,9)10/h1-4,14H;1-4,6H,(H,8,9,10). The molecule has 0 amide bonds. The van der Waals surface area contributed by atoms with Gasteiger partial charge in [-0.1, -0.05) is 47.1 Å². The summed E-state index contributed by atoms with van der Waals surface area (Å²) in [6.45, 7) is 0. The van der Waals surface area contributed by atoms with Gasteiger partial charge >= 0.3 is 6.18 Å². The Morgan fingerprint density at radius 1 is 1.16 bits per heavy atom. The third-order valence-corrected chi connectivity index (χ3v) is 4.03. The van der Waals surface area contributed by atoms with Crippen molar-refractivity contribution in [1.82, 2.24) is 0 Å². The molecule has 0 bridgehead atoms. The van der Waals surface area contributed by atoms with Crippen LogP contribution < -0.4 is 0 Å². The van der Waals surface area contributed by atoms with Crippen LogP contribution in [0.5, 0.6) is 0 Å². The summed E-state index contributed by atoms with van der Waals surface area (Å²) in [4.78, 5) is 10.8. The molecular formula is C14H11ClF3NO5S. The van der Waals surface area contributed by atoms with Gasteiger partial charge in [-0.2, -0.15) is 21.6 Å². The normalized spacial score (nSPS) is 17.9. The molecular weight excluding hydrogens is 387 g/mol. The molecule has 2 N–H and O–H groups in total. The molecule has 0 saturated carbocycles. The first-order chi connectivity index (χ1) is 11.5. The summed E-state index contributed by atoms with van der Waals surface area (Å²) >= 11 is 5.49. The van der Waals surface area contributed by atoms with E-state index in [4.69, 9.17) is 21.4 Å². The summed E-state index contributed by atoms with van der Waals surface area (Å²) in [6, 6.07) is 4.83. The van der Waals surface area contributed by atoms with Crippen LogP contribution >= 0.6 is 11.6 Å². The average molecular weight is 398 g/mol. The number of carbonyl (C=O) groups is 1. The molecule has 25 heavy (non-hydrogen) atoms. The summed E-state index contributed by atoms with van der Waals surface area (Å²) < 4.78 is 65.9. The predicted octanol–water partition coefficient (Wildman–Crippen LogP) is 3.02. The molecule has 0 saturated heterocycles. The lowest BCUT2D eigenvalue weighted by molar-refractivity contribution is -0.113. The molecule has 1 aromatic carbocycles. The zero-order chi connectivity index (χ0) is 19.3. The Kier molecular flexibility index (Phi) is 6.91. The minimum atomic E-state index is -4.68. The van der Waals surface area contributed by atoms with Gasteiger partial charge in [0.25, 0.3) is 10.1 Å². The molecule has 136 valence electrons. The number of benzene rings is 1. The first-order valence-electron chi connectivity index (χ1n) is 6.37. The summed E-state index contributed by atoms with van der Waals surface area (Å²) in [7, 11) is -4.26. The molecule has 0 heterocycles. The molecule has 0 aliphatic heterocycles. The molecule has 1 aliphatic carbocycles. The maximum atomic E-state index is 12.2. The summed E-state index contributed by atoms with van der Waals surface area (Å²) in [6.07, 6.45) is 0.391. The van der Waals surface area contributed by atoms with Crippen molar-refractivity contribution in [3.05, 3.63) is 59.2 Å². The highest BCUT2D eigenvalue weighted by molar-refractivity contribution is 7.87. The molecule has 0 radical (unpaired) electrons. The van der Waals surface area contributed by atoms with E-state index in [0.717, 1.165) is 24.3 Å². The van der Waals surface area contributed by atoms with Crippen LogP contribution in [0.3, 0.4) is 0 Å². The molecule has 0 fully saturated rings. The Morgan fingerprint density at radius 3 is 2.08 bits per heavy atom. The van der Waals surface area contributed by atoms with Crippen molar-refractivity contribution in [2.75, 3.05) is 0 Å². The van der Waals surface area contributed by atoms with E-state index in [9.17, 15) is 26.4 Å². The van der Waals surface area contributed by atoms with Crippen LogP contribution in [0.15, 0.2) is 53.7 Å². The maximum absolute atomic E-state index is 12.2. The third kappa shape index (κ3) is 6.33. The van der Waals surface area contributed by atoms with E-state index in [1.165, 1.54) is 24.3 Å². The fraction of sp³-hybridized carbons (Fsp3) is 0.143. The van der Waals surface area contributed by atoms with Gasteiger partial charge in [0.05, 0.1) is 0 Å². The largest absolute Gasteiger partial charge is 0.437 e. The Hall–Kier alpha value is -2.17. The molecule has 2 rings (SSSR count). The predicted molar refractivity (Wildman–Crippen MR) is 84.5 cm³/mol. The number of rotatable bonds is 2. The fourth-order valence-electron chi connectivity index (χ4n) is 1.64. The van der Waals surface area contributed by atoms with Crippen LogP contribution in [0.4, 0.5) is 13.2 Å². The second kappa shape index (κ2) is 8.28. The average Bonchev–Trinajstić information content (AvgIpc) is 2.48. The number of ketones is 1. The molecule has 1 aliphatic rings. The van der Waals surface area contributed by atoms with Crippen molar-refractivity contribution in [3.63, 3.8) is 0 Å². The minimum absolute atomic E-state index is 0.232. The van der Waals surface area contributed by atoms with Crippen molar-refractivity contribution in [3.8, 4) is 0 Å². The van der Waals surface area contributed by atoms with Gasteiger partial charge in [-0.3, -0.25) is 9.35 Å². The molecule has 0 aromatic heterocycles. The Balaban J connectivity index is 0.000000257. The number of hydrogen-bond acceptors (Lipinski definition) is 5. The second-order valence-corrected chi connectivity index (χ2v) is 6.51. The van der Waals surface area contributed by atoms with E-state index in [-0.39, 0.29) is 5.56 Å². The van der Waals surface area contributed by atoms with E-state index >= 15 is 0 Å². The Bertz CT molecular complexity index is 814.